The maximum atomic E-state index is 11.5. The summed E-state index contributed by atoms with van der Waals surface area (Å²) in [5, 5.41) is 2.83. The zero-order chi connectivity index (χ0) is 13.3. The van der Waals surface area contributed by atoms with E-state index in [0.717, 1.165) is 17.0 Å². The van der Waals surface area contributed by atoms with E-state index in [4.69, 9.17) is 10.5 Å². The van der Waals surface area contributed by atoms with Gasteiger partial charge < -0.3 is 15.8 Å². The van der Waals surface area contributed by atoms with Crippen molar-refractivity contribution in [2.24, 2.45) is 11.7 Å². The van der Waals surface area contributed by atoms with Gasteiger partial charge in [0.2, 0.25) is 0 Å². The molecule has 0 spiro atoms. The molecule has 1 heterocycles. The zero-order valence-corrected chi connectivity index (χ0v) is 11.1. The number of rotatable bonds is 3. The van der Waals surface area contributed by atoms with Gasteiger partial charge in [-0.1, -0.05) is 19.9 Å². The van der Waals surface area contributed by atoms with Crippen molar-refractivity contribution < 1.29 is 9.53 Å². The van der Waals surface area contributed by atoms with E-state index in [1.54, 1.807) is 6.92 Å². The molecule has 2 rings (SSSR count). The van der Waals surface area contributed by atoms with Gasteiger partial charge in [-0.3, -0.25) is 4.79 Å². The number of ether oxygens (including phenoxy) is 1. The van der Waals surface area contributed by atoms with E-state index < -0.39 is 6.10 Å². The summed E-state index contributed by atoms with van der Waals surface area (Å²) in [5.74, 6) is 1.42. The van der Waals surface area contributed by atoms with Crippen LogP contribution in [-0.4, -0.2) is 18.6 Å². The van der Waals surface area contributed by atoms with Gasteiger partial charge in [-0.05, 0) is 43.0 Å². The Bertz CT molecular complexity index is 457. The number of nitrogens with one attached hydrogen (secondary N) is 1. The van der Waals surface area contributed by atoms with Crippen LogP contribution in [0.2, 0.25) is 0 Å². The Morgan fingerprint density at radius 2 is 2.17 bits per heavy atom. The van der Waals surface area contributed by atoms with Gasteiger partial charge in [-0.2, -0.15) is 0 Å². The first-order valence-electron chi connectivity index (χ1n) is 6.34. The maximum Gasteiger partial charge on any atom is 0.265 e. The molecule has 0 aliphatic carbocycles. The number of amides is 1. The van der Waals surface area contributed by atoms with Crippen LogP contribution in [-0.2, 0) is 4.79 Å². The SMILES string of the molecule is CC1Oc2cc(C(CN)C(C)C)ccc2NC1=O. The highest BCUT2D eigenvalue weighted by atomic mass is 16.5. The van der Waals surface area contributed by atoms with E-state index in [1.807, 2.05) is 18.2 Å². The van der Waals surface area contributed by atoms with Crippen molar-refractivity contribution in [2.75, 3.05) is 11.9 Å². The molecule has 0 aromatic heterocycles. The number of hydrogen-bond acceptors (Lipinski definition) is 3. The zero-order valence-electron chi connectivity index (χ0n) is 11.1. The number of carbonyl (C=O) groups excluding carboxylic acids is 1. The van der Waals surface area contributed by atoms with Crippen LogP contribution in [0, 0.1) is 5.92 Å². The monoisotopic (exact) mass is 248 g/mol. The van der Waals surface area contributed by atoms with Crippen LogP contribution in [0.25, 0.3) is 0 Å². The van der Waals surface area contributed by atoms with E-state index in [1.165, 1.54) is 0 Å². The highest BCUT2D eigenvalue weighted by Gasteiger charge is 2.24. The van der Waals surface area contributed by atoms with Gasteiger partial charge in [0.15, 0.2) is 6.10 Å². The normalized spacial score (nSPS) is 20.1. The summed E-state index contributed by atoms with van der Waals surface area (Å²) in [6, 6.07) is 5.89. The Morgan fingerprint density at radius 1 is 1.44 bits per heavy atom. The van der Waals surface area contributed by atoms with Gasteiger partial charge in [0.25, 0.3) is 5.91 Å². The lowest BCUT2D eigenvalue weighted by atomic mass is 9.88. The summed E-state index contributed by atoms with van der Waals surface area (Å²) >= 11 is 0. The number of nitrogens with two attached hydrogens (primary N) is 1. The van der Waals surface area contributed by atoms with Gasteiger partial charge in [-0.25, -0.2) is 0 Å². The van der Waals surface area contributed by atoms with E-state index in [0.29, 0.717) is 18.4 Å². The van der Waals surface area contributed by atoms with Crippen molar-refractivity contribution in [3.8, 4) is 5.75 Å². The minimum atomic E-state index is -0.442. The molecule has 2 unspecified atom stereocenters. The van der Waals surface area contributed by atoms with Gasteiger partial charge in [0.1, 0.15) is 5.75 Å². The molecule has 0 saturated carbocycles. The van der Waals surface area contributed by atoms with Crippen LogP contribution in [0.15, 0.2) is 18.2 Å². The van der Waals surface area contributed by atoms with Crippen LogP contribution in [0.1, 0.15) is 32.3 Å². The Balaban J connectivity index is 2.32. The van der Waals surface area contributed by atoms with Gasteiger partial charge in [0, 0.05) is 0 Å². The molecule has 3 N–H and O–H groups in total. The highest BCUT2D eigenvalue weighted by Crippen LogP contribution is 2.34. The fraction of sp³-hybridized carbons (Fsp3) is 0.500. The average Bonchev–Trinajstić information content (AvgIpc) is 2.31. The molecule has 4 nitrogen and oxygen atoms in total. The summed E-state index contributed by atoms with van der Waals surface area (Å²) in [5.41, 5.74) is 7.72. The lowest BCUT2D eigenvalue weighted by Crippen LogP contribution is -2.34. The molecule has 0 fully saturated rings. The van der Waals surface area contributed by atoms with Gasteiger partial charge >= 0.3 is 0 Å². The number of fused-ring (bicyclic) bond motifs is 1. The minimum absolute atomic E-state index is 0.102. The smallest absolute Gasteiger partial charge is 0.265 e. The highest BCUT2D eigenvalue weighted by molar-refractivity contribution is 5.97. The second-order valence-electron chi connectivity index (χ2n) is 5.09. The molecular weight excluding hydrogens is 228 g/mol. The standard InChI is InChI=1S/C14H20N2O2/c1-8(2)11(7-15)10-4-5-12-13(6-10)18-9(3)14(17)16-12/h4-6,8-9,11H,7,15H2,1-3H3,(H,16,17). The summed E-state index contributed by atoms with van der Waals surface area (Å²) in [6.07, 6.45) is -0.442. The molecule has 1 aromatic carbocycles. The molecule has 1 aromatic rings. The summed E-state index contributed by atoms with van der Waals surface area (Å²) in [7, 11) is 0. The third-order valence-electron chi connectivity index (χ3n) is 3.42. The maximum absolute atomic E-state index is 11.5. The van der Waals surface area contributed by atoms with E-state index >= 15 is 0 Å². The molecule has 2 atom stereocenters. The first-order valence-corrected chi connectivity index (χ1v) is 6.34. The Labute approximate surface area is 108 Å². The lowest BCUT2D eigenvalue weighted by Gasteiger charge is -2.26. The van der Waals surface area contributed by atoms with Crippen LogP contribution in [0.5, 0.6) is 5.75 Å². The van der Waals surface area contributed by atoms with Crippen molar-refractivity contribution in [2.45, 2.75) is 32.8 Å². The lowest BCUT2D eigenvalue weighted by molar-refractivity contribution is -0.122. The second kappa shape index (κ2) is 4.98. The van der Waals surface area contributed by atoms with Crippen LogP contribution in [0.4, 0.5) is 5.69 Å². The quantitative estimate of drug-likeness (QED) is 0.861. The van der Waals surface area contributed by atoms with Crippen molar-refractivity contribution in [1.82, 2.24) is 0 Å². The summed E-state index contributed by atoms with van der Waals surface area (Å²) in [6.45, 7) is 6.66. The summed E-state index contributed by atoms with van der Waals surface area (Å²) in [4.78, 5) is 11.5. The van der Waals surface area contributed by atoms with E-state index in [2.05, 4.69) is 19.2 Å². The molecule has 1 aliphatic rings. The van der Waals surface area contributed by atoms with E-state index in [9.17, 15) is 4.79 Å². The van der Waals surface area contributed by atoms with Crippen molar-refractivity contribution >= 4 is 11.6 Å². The average molecular weight is 248 g/mol. The number of hydrogen-bond donors (Lipinski definition) is 2. The molecule has 98 valence electrons. The fourth-order valence-electron chi connectivity index (χ4n) is 2.24. The first-order chi connectivity index (χ1) is 8.52. The van der Waals surface area contributed by atoms with Gasteiger partial charge in [-0.15, -0.1) is 0 Å². The van der Waals surface area contributed by atoms with Crippen LogP contribution in [0.3, 0.4) is 0 Å². The Hall–Kier alpha value is -1.55. The van der Waals surface area contributed by atoms with E-state index in [-0.39, 0.29) is 5.91 Å². The Morgan fingerprint density at radius 3 is 2.78 bits per heavy atom. The van der Waals surface area contributed by atoms with Crippen molar-refractivity contribution in [3.05, 3.63) is 23.8 Å². The van der Waals surface area contributed by atoms with Crippen molar-refractivity contribution in [1.29, 1.82) is 0 Å². The number of carbonyl (C=O) groups is 1. The molecule has 1 aliphatic heterocycles. The minimum Gasteiger partial charge on any atom is -0.479 e. The topological polar surface area (TPSA) is 64.3 Å². The van der Waals surface area contributed by atoms with Crippen LogP contribution < -0.4 is 15.8 Å². The first kappa shape index (κ1) is 12.9. The molecule has 4 heteroatoms. The number of benzene rings is 1. The summed E-state index contributed by atoms with van der Waals surface area (Å²) < 4.78 is 5.61. The molecule has 1 amide bonds. The fourth-order valence-corrected chi connectivity index (χ4v) is 2.24. The van der Waals surface area contributed by atoms with Crippen molar-refractivity contribution in [3.63, 3.8) is 0 Å². The predicted octanol–water partition coefficient (Wildman–Crippen LogP) is 2.10. The van der Waals surface area contributed by atoms with Crippen LogP contribution >= 0.6 is 0 Å². The predicted molar refractivity (Wildman–Crippen MR) is 71.8 cm³/mol. The molecule has 0 saturated heterocycles. The largest absolute Gasteiger partial charge is 0.479 e. The number of anilines is 1. The molecule has 0 bridgehead atoms. The molecular formula is C14H20N2O2. The van der Waals surface area contributed by atoms with Gasteiger partial charge in [0.05, 0.1) is 5.69 Å². The second-order valence-corrected chi connectivity index (χ2v) is 5.09. The third kappa shape index (κ3) is 2.34. The Kier molecular flexibility index (Phi) is 3.57. The molecule has 0 radical (unpaired) electrons. The molecule has 18 heavy (non-hydrogen) atoms. The third-order valence-corrected chi connectivity index (χ3v) is 3.42.